The predicted octanol–water partition coefficient (Wildman–Crippen LogP) is 2.39. The molecule has 148 valence electrons. The van der Waals surface area contributed by atoms with Gasteiger partial charge < -0.3 is 10.5 Å². The Hall–Kier alpha value is -3.49. The van der Waals surface area contributed by atoms with Crippen molar-refractivity contribution in [3.8, 4) is 5.75 Å². The molecule has 0 aliphatic heterocycles. The van der Waals surface area contributed by atoms with Gasteiger partial charge in [-0.25, -0.2) is 5.43 Å². The van der Waals surface area contributed by atoms with Crippen molar-refractivity contribution >= 4 is 17.4 Å². The second kappa shape index (κ2) is 10.0. The van der Waals surface area contributed by atoms with Gasteiger partial charge in [-0.1, -0.05) is 19.9 Å². The van der Waals surface area contributed by atoms with Crippen LogP contribution in [0, 0.1) is 16.0 Å². The molecule has 0 saturated heterocycles. The molecule has 1 aromatic heterocycles. The number of ether oxygens (including phenoxy) is 1. The molecule has 1 heterocycles. The van der Waals surface area contributed by atoms with Gasteiger partial charge in [-0.05, 0) is 36.1 Å². The highest BCUT2D eigenvalue weighted by molar-refractivity contribution is 5.97. The molecule has 1 amide bonds. The molecule has 1 aromatic carbocycles. The van der Waals surface area contributed by atoms with Crippen LogP contribution in [0.4, 0.5) is 5.69 Å². The third-order valence-electron chi connectivity index (χ3n) is 3.81. The number of nitro benzene ring substituents is 1. The topological polar surface area (TPSA) is 133 Å². The number of hydrazone groups is 1. The largest absolute Gasteiger partial charge is 0.487 e. The number of pyridine rings is 1. The van der Waals surface area contributed by atoms with Gasteiger partial charge in [0.25, 0.3) is 0 Å². The number of nitro groups is 1. The molecule has 9 heteroatoms. The Kier molecular flexibility index (Phi) is 7.44. The minimum Gasteiger partial charge on any atom is -0.487 e. The number of aromatic nitrogens is 1. The van der Waals surface area contributed by atoms with Crippen molar-refractivity contribution in [1.29, 1.82) is 0 Å². The zero-order valence-corrected chi connectivity index (χ0v) is 15.8. The zero-order valence-electron chi connectivity index (χ0n) is 15.8. The number of nitrogens with zero attached hydrogens (tertiary/aromatic N) is 3. The van der Waals surface area contributed by atoms with Gasteiger partial charge in [0.15, 0.2) is 11.6 Å². The van der Waals surface area contributed by atoms with E-state index in [1.54, 1.807) is 30.6 Å². The molecular weight excluding hydrogens is 362 g/mol. The first kappa shape index (κ1) is 20.8. The van der Waals surface area contributed by atoms with Crippen LogP contribution in [0.3, 0.4) is 0 Å². The van der Waals surface area contributed by atoms with Crippen LogP contribution in [-0.4, -0.2) is 28.3 Å². The Morgan fingerprint density at radius 2 is 2.04 bits per heavy atom. The summed E-state index contributed by atoms with van der Waals surface area (Å²) in [6, 6.07) is 7.78. The lowest BCUT2D eigenvalue weighted by Gasteiger charge is -2.09. The fourth-order valence-corrected chi connectivity index (χ4v) is 2.28. The number of hydrogen-bond donors (Lipinski definition) is 2. The number of carbonyl (C=O) groups excluding carboxylic acids is 1. The Bertz CT molecular complexity index is 853. The fraction of sp³-hybridized carbons (Fsp3) is 0.316. The molecule has 0 aliphatic carbocycles. The summed E-state index contributed by atoms with van der Waals surface area (Å²) in [5.41, 5.74) is 9.05. The third kappa shape index (κ3) is 6.35. The standard InChI is InChI=1S/C19H23N5O4/c1-13(2)7-10-28-17-4-3-14(11-16(17)24(26)27)12-18(25)22-23-19(20)15-5-8-21-9-6-15/h3-6,8-9,11,13H,7,10,12H2,1-2H3,(H2,20,23)(H,22,25). The summed E-state index contributed by atoms with van der Waals surface area (Å²) in [4.78, 5) is 26.7. The molecule has 9 nitrogen and oxygen atoms in total. The van der Waals surface area contributed by atoms with E-state index >= 15 is 0 Å². The lowest BCUT2D eigenvalue weighted by Crippen LogP contribution is -2.25. The van der Waals surface area contributed by atoms with E-state index in [1.165, 1.54) is 12.1 Å². The predicted molar refractivity (Wildman–Crippen MR) is 105 cm³/mol. The van der Waals surface area contributed by atoms with Crippen molar-refractivity contribution in [1.82, 2.24) is 10.4 Å². The third-order valence-corrected chi connectivity index (χ3v) is 3.81. The summed E-state index contributed by atoms with van der Waals surface area (Å²) < 4.78 is 5.51. The number of hydrogen-bond acceptors (Lipinski definition) is 6. The van der Waals surface area contributed by atoms with E-state index in [1.807, 2.05) is 13.8 Å². The normalized spacial score (nSPS) is 11.3. The van der Waals surface area contributed by atoms with Gasteiger partial charge in [-0.3, -0.25) is 19.9 Å². The molecule has 28 heavy (non-hydrogen) atoms. The number of amidine groups is 1. The van der Waals surface area contributed by atoms with Crippen molar-refractivity contribution in [2.75, 3.05) is 6.61 Å². The fourth-order valence-electron chi connectivity index (χ4n) is 2.28. The summed E-state index contributed by atoms with van der Waals surface area (Å²) >= 11 is 0. The Labute approximate surface area is 162 Å². The highest BCUT2D eigenvalue weighted by Gasteiger charge is 2.17. The molecule has 0 aliphatic rings. The van der Waals surface area contributed by atoms with Gasteiger partial charge in [0.05, 0.1) is 18.0 Å². The first-order chi connectivity index (χ1) is 13.4. The number of nitrogens with one attached hydrogen (secondary N) is 1. The van der Waals surface area contributed by atoms with Crippen molar-refractivity contribution < 1.29 is 14.5 Å². The molecule has 0 saturated carbocycles. The average molecular weight is 385 g/mol. The van der Waals surface area contributed by atoms with E-state index in [-0.39, 0.29) is 23.7 Å². The molecule has 2 rings (SSSR count). The van der Waals surface area contributed by atoms with Gasteiger partial charge in [0.1, 0.15) is 0 Å². The monoisotopic (exact) mass is 385 g/mol. The van der Waals surface area contributed by atoms with Gasteiger partial charge in [-0.15, -0.1) is 0 Å². The highest BCUT2D eigenvalue weighted by atomic mass is 16.6. The maximum absolute atomic E-state index is 12.1. The molecule has 0 atom stereocenters. The summed E-state index contributed by atoms with van der Waals surface area (Å²) in [5.74, 6) is 0.312. The summed E-state index contributed by atoms with van der Waals surface area (Å²) in [7, 11) is 0. The lowest BCUT2D eigenvalue weighted by molar-refractivity contribution is -0.385. The van der Waals surface area contributed by atoms with Crippen molar-refractivity contribution in [3.63, 3.8) is 0 Å². The van der Waals surface area contributed by atoms with Crippen LogP contribution < -0.4 is 15.9 Å². The maximum Gasteiger partial charge on any atom is 0.311 e. The van der Waals surface area contributed by atoms with Crippen molar-refractivity contribution in [2.24, 2.45) is 16.8 Å². The van der Waals surface area contributed by atoms with E-state index < -0.39 is 10.8 Å². The van der Waals surface area contributed by atoms with Crippen LogP contribution in [-0.2, 0) is 11.2 Å². The minimum absolute atomic E-state index is 0.0831. The molecule has 0 spiro atoms. The molecule has 3 N–H and O–H groups in total. The Morgan fingerprint density at radius 3 is 2.68 bits per heavy atom. The van der Waals surface area contributed by atoms with E-state index in [9.17, 15) is 14.9 Å². The zero-order chi connectivity index (χ0) is 20.5. The number of benzene rings is 1. The number of carbonyl (C=O) groups is 1. The first-order valence-corrected chi connectivity index (χ1v) is 8.79. The van der Waals surface area contributed by atoms with Gasteiger partial charge in [-0.2, -0.15) is 5.10 Å². The average Bonchev–Trinajstić information content (AvgIpc) is 2.67. The summed E-state index contributed by atoms with van der Waals surface area (Å²) in [6.45, 7) is 4.48. The van der Waals surface area contributed by atoms with Crippen LogP contribution in [0.1, 0.15) is 31.4 Å². The Balaban J connectivity index is 2.01. The molecular formula is C19H23N5O4. The molecule has 0 fully saturated rings. The molecule has 0 bridgehead atoms. The second-order valence-corrected chi connectivity index (χ2v) is 6.53. The van der Waals surface area contributed by atoms with E-state index in [0.29, 0.717) is 23.7 Å². The van der Waals surface area contributed by atoms with Crippen LogP contribution in [0.5, 0.6) is 5.75 Å². The van der Waals surface area contributed by atoms with Crippen LogP contribution in [0.2, 0.25) is 0 Å². The molecule has 0 unspecified atom stereocenters. The van der Waals surface area contributed by atoms with Gasteiger partial charge in [0, 0.05) is 24.0 Å². The maximum atomic E-state index is 12.1. The van der Waals surface area contributed by atoms with Crippen molar-refractivity contribution in [2.45, 2.75) is 26.7 Å². The van der Waals surface area contributed by atoms with Crippen molar-refractivity contribution in [3.05, 3.63) is 64.0 Å². The van der Waals surface area contributed by atoms with E-state index in [4.69, 9.17) is 10.5 Å². The summed E-state index contributed by atoms with van der Waals surface area (Å²) in [6.07, 6.45) is 3.82. The highest BCUT2D eigenvalue weighted by Crippen LogP contribution is 2.28. The van der Waals surface area contributed by atoms with Crippen LogP contribution in [0.25, 0.3) is 0 Å². The van der Waals surface area contributed by atoms with E-state index in [2.05, 4.69) is 15.5 Å². The number of amides is 1. The lowest BCUT2D eigenvalue weighted by atomic mass is 10.1. The van der Waals surface area contributed by atoms with Gasteiger partial charge in [0.2, 0.25) is 5.91 Å². The first-order valence-electron chi connectivity index (χ1n) is 8.79. The van der Waals surface area contributed by atoms with Gasteiger partial charge >= 0.3 is 5.69 Å². The van der Waals surface area contributed by atoms with Crippen LogP contribution in [0.15, 0.2) is 47.8 Å². The second-order valence-electron chi connectivity index (χ2n) is 6.53. The number of rotatable bonds is 9. The summed E-state index contributed by atoms with van der Waals surface area (Å²) in [5, 5.41) is 15.1. The quantitative estimate of drug-likeness (QED) is 0.295. The Morgan fingerprint density at radius 1 is 1.32 bits per heavy atom. The SMILES string of the molecule is CC(C)CCOc1ccc(CC(=O)N/N=C(\N)c2ccncc2)cc1[N+](=O)[O-]. The number of nitrogens with two attached hydrogens (primary N) is 1. The van der Waals surface area contributed by atoms with E-state index in [0.717, 1.165) is 6.42 Å². The van der Waals surface area contributed by atoms with Crippen LogP contribution >= 0.6 is 0 Å². The minimum atomic E-state index is -0.522. The molecule has 0 radical (unpaired) electrons. The molecule has 2 aromatic rings. The smallest absolute Gasteiger partial charge is 0.311 e.